The summed E-state index contributed by atoms with van der Waals surface area (Å²) in [5, 5.41) is 14.3. The first-order chi connectivity index (χ1) is 8.35. The Morgan fingerprint density at radius 1 is 1.50 bits per heavy atom. The monoisotopic (exact) mass is 272 g/mol. The van der Waals surface area contributed by atoms with Gasteiger partial charge in [0.1, 0.15) is 5.69 Å². The molecular formula is C12H17ClN2O3. The quantitative estimate of drug-likeness (QED) is 0.636. The molecule has 0 radical (unpaired) electrons. The summed E-state index contributed by atoms with van der Waals surface area (Å²) in [6.07, 6.45) is 0. The fourth-order valence-electron chi connectivity index (χ4n) is 1.56. The highest BCUT2D eigenvalue weighted by Gasteiger charge is 2.20. The van der Waals surface area contributed by atoms with E-state index in [1.54, 1.807) is 6.07 Å². The number of rotatable bonds is 6. The number of nitro benzene ring substituents is 1. The van der Waals surface area contributed by atoms with Crippen LogP contribution < -0.4 is 5.32 Å². The van der Waals surface area contributed by atoms with Crippen LogP contribution in [-0.4, -0.2) is 23.7 Å². The summed E-state index contributed by atoms with van der Waals surface area (Å²) in [6, 6.07) is 4.43. The molecular weight excluding hydrogens is 256 g/mol. The minimum Gasteiger partial charge on any atom is -0.377 e. The van der Waals surface area contributed by atoms with E-state index < -0.39 is 10.5 Å². The summed E-state index contributed by atoms with van der Waals surface area (Å²) in [4.78, 5) is 10.4. The van der Waals surface area contributed by atoms with Crippen molar-refractivity contribution < 1.29 is 9.66 Å². The highest BCUT2D eigenvalue weighted by atomic mass is 35.5. The van der Waals surface area contributed by atoms with E-state index in [9.17, 15) is 10.1 Å². The number of anilines is 1. The molecule has 0 amide bonds. The third-order valence-electron chi connectivity index (χ3n) is 2.39. The number of halogens is 1. The van der Waals surface area contributed by atoms with Crippen molar-refractivity contribution in [3.05, 3.63) is 33.3 Å². The molecule has 0 aliphatic carbocycles. The van der Waals surface area contributed by atoms with Gasteiger partial charge in [-0.1, -0.05) is 11.6 Å². The molecule has 1 aromatic rings. The molecule has 1 N–H and O–H groups in total. The molecule has 0 bridgehead atoms. The summed E-state index contributed by atoms with van der Waals surface area (Å²) in [7, 11) is 0. The Hall–Kier alpha value is -1.33. The van der Waals surface area contributed by atoms with Crippen LogP contribution in [0.1, 0.15) is 20.8 Å². The van der Waals surface area contributed by atoms with Gasteiger partial charge in [-0.25, -0.2) is 0 Å². The summed E-state index contributed by atoms with van der Waals surface area (Å²) in [6.45, 7) is 6.79. The average molecular weight is 273 g/mol. The molecule has 1 aromatic carbocycles. The van der Waals surface area contributed by atoms with E-state index >= 15 is 0 Å². The smallest absolute Gasteiger partial charge is 0.292 e. The summed E-state index contributed by atoms with van der Waals surface area (Å²) < 4.78 is 5.52. The molecule has 6 heteroatoms. The van der Waals surface area contributed by atoms with Crippen LogP contribution in [0, 0.1) is 10.1 Å². The van der Waals surface area contributed by atoms with E-state index in [-0.39, 0.29) is 5.69 Å². The van der Waals surface area contributed by atoms with E-state index in [0.29, 0.717) is 23.9 Å². The molecule has 0 spiro atoms. The second-order valence-electron chi connectivity index (χ2n) is 4.46. The maximum Gasteiger partial charge on any atom is 0.292 e. The first kappa shape index (κ1) is 14.7. The second kappa shape index (κ2) is 6.02. The van der Waals surface area contributed by atoms with Gasteiger partial charge in [-0.2, -0.15) is 0 Å². The van der Waals surface area contributed by atoms with Crippen molar-refractivity contribution in [2.24, 2.45) is 0 Å². The first-order valence-corrected chi connectivity index (χ1v) is 6.05. The SMILES string of the molecule is CCOC(C)(C)CNc1cc(Cl)ccc1[N+](=O)[O-]. The van der Waals surface area contributed by atoms with Gasteiger partial charge < -0.3 is 10.1 Å². The Balaban J connectivity index is 2.83. The van der Waals surface area contributed by atoms with Crippen molar-refractivity contribution in [2.75, 3.05) is 18.5 Å². The summed E-state index contributed by atoms with van der Waals surface area (Å²) in [5.74, 6) is 0. The van der Waals surface area contributed by atoms with Crippen LogP contribution in [0.5, 0.6) is 0 Å². The van der Waals surface area contributed by atoms with Crippen LogP contribution in [0.3, 0.4) is 0 Å². The third kappa shape index (κ3) is 4.16. The largest absolute Gasteiger partial charge is 0.377 e. The molecule has 0 saturated heterocycles. The normalized spacial score (nSPS) is 11.3. The Morgan fingerprint density at radius 2 is 2.17 bits per heavy atom. The lowest BCUT2D eigenvalue weighted by molar-refractivity contribution is -0.384. The molecule has 0 aromatic heterocycles. The van der Waals surface area contributed by atoms with E-state index in [0.717, 1.165) is 0 Å². The number of nitrogens with zero attached hydrogens (tertiary/aromatic N) is 1. The highest BCUT2D eigenvalue weighted by molar-refractivity contribution is 6.31. The maximum atomic E-state index is 10.9. The molecule has 0 atom stereocenters. The Labute approximate surface area is 111 Å². The van der Waals surface area contributed by atoms with Gasteiger partial charge in [0.2, 0.25) is 0 Å². The lowest BCUT2D eigenvalue weighted by atomic mass is 10.1. The standard InChI is InChI=1S/C12H17ClN2O3/c1-4-18-12(2,3)8-14-10-7-9(13)5-6-11(10)15(16)17/h5-7,14H,4,8H2,1-3H3. The van der Waals surface area contributed by atoms with Crippen molar-refractivity contribution in [1.82, 2.24) is 0 Å². The summed E-state index contributed by atoms with van der Waals surface area (Å²) >= 11 is 5.84. The van der Waals surface area contributed by atoms with Crippen LogP contribution in [0.15, 0.2) is 18.2 Å². The average Bonchev–Trinajstić information content (AvgIpc) is 2.26. The number of benzene rings is 1. The molecule has 100 valence electrons. The molecule has 0 saturated carbocycles. The van der Waals surface area contributed by atoms with Gasteiger partial charge in [-0.05, 0) is 32.9 Å². The fourth-order valence-corrected chi connectivity index (χ4v) is 1.73. The van der Waals surface area contributed by atoms with E-state index in [4.69, 9.17) is 16.3 Å². The predicted molar refractivity (Wildman–Crippen MR) is 72.3 cm³/mol. The van der Waals surface area contributed by atoms with E-state index in [2.05, 4.69) is 5.32 Å². The van der Waals surface area contributed by atoms with Gasteiger partial charge in [-0.15, -0.1) is 0 Å². The van der Waals surface area contributed by atoms with Crippen LogP contribution in [0.4, 0.5) is 11.4 Å². The fraction of sp³-hybridized carbons (Fsp3) is 0.500. The molecule has 0 heterocycles. The van der Waals surface area contributed by atoms with Crippen molar-refractivity contribution in [2.45, 2.75) is 26.4 Å². The van der Waals surface area contributed by atoms with Gasteiger partial charge >= 0.3 is 0 Å². The lowest BCUT2D eigenvalue weighted by Crippen LogP contribution is -2.33. The van der Waals surface area contributed by atoms with Gasteiger partial charge in [0.15, 0.2) is 0 Å². The van der Waals surface area contributed by atoms with Crippen LogP contribution >= 0.6 is 11.6 Å². The van der Waals surface area contributed by atoms with Crippen molar-refractivity contribution >= 4 is 23.0 Å². The minimum absolute atomic E-state index is 0.00620. The zero-order valence-electron chi connectivity index (χ0n) is 10.7. The third-order valence-corrected chi connectivity index (χ3v) is 2.63. The first-order valence-electron chi connectivity index (χ1n) is 5.67. The number of ether oxygens (including phenoxy) is 1. The molecule has 1 rings (SSSR count). The number of nitro groups is 1. The van der Waals surface area contributed by atoms with Crippen LogP contribution in [0.2, 0.25) is 5.02 Å². The summed E-state index contributed by atoms with van der Waals surface area (Å²) in [5.41, 5.74) is 0.0114. The van der Waals surface area contributed by atoms with E-state index in [1.165, 1.54) is 12.1 Å². The number of hydrogen-bond donors (Lipinski definition) is 1. The Kier molecular flexibility index (Phi) is 4.93. The van der Waals surface area contributed by atoms with Crippen molar-refractivity contribution in [3.63, 3.8) is 0 Å². The minimum atomic E-state index is -0.438. The second-order valence-corrected chi connectivity index (χ2v) is 4.90. The van der Waals surface area contributed by atoms with Crippen LogP contribution in [0.25, 0.3) is 0 Å². The lowest BCUT2D eigenvalue weighted by Gasteiger charge is -2.25. The van der Waals surface area contributed by atoms with Crippen LogP contribution in [-0.2, 0) is 4.74 Å². The van der Waals surface area contributed by atoms with Gasteiger partial charge in [0, 0.05) is 24.2 Å². The highest BCUT2D eigenvalue weighted by Crippen LogP contribution is 2.28. The molecule has 0 aliphatic rings. The zero-order chi connectivity index (χ0) is 13.8. The molecule has 0 aliphatic heterocycles. The maximum absolute atomic E-state index is 10.9. The Morgan fingerprint density at radius 3 is 2.72 bits per heavy atom. The molecule has 5 nitrogen and oxygen atoms in total. The van der Waals surface area contributed by atoms with Crippen molar-refractivity contribution in [1.29, 1.82) is 0 Å². The number of nitrogens with one attached hydrogen (secondary N) is 1. The van der Waals surface area contributed by atoms with Gasteiger partial charge in [0.05, 0.1) is 10.5 Å². The topological polar surface area (TPSA) is 64.4 Å². The van der Waals surface area contributed by atoms with E-state index in [1.807, 2.05) is 20.8 Å². The zero-order valence-corrected chi connectivity index (χ0v) is 11.5. The predicted octanol–water partition coefficient (Wildman–Crippen LogP) is 3.48. The molecule has 0 unspecified atom stereocenters. The Bertz CT molecular complexity index is 435. The van der Waals surface area contributed by atoms with Gasteiger partial charge in [-0.3, -0.25) is 10.1 Å². The molecule has 0 fully saturated rings. The number of hydrogen-bond acceptors (Lipinski definition) is 4. The molecule has 18 heavy (non-hydrogen) atoms. The van der Waals surface area contributed by atoms with Gasteiger partial charge in [0.25, 0.3) is 5.69 Å². The van der Waals surface area contributed by atoms with Crippen molar-refractivity contribution in [3.8, 4) is 0 Å².